The molecule has 0 atom stereocenters. The first-order valence-corrected chi connectivity index (χ1v) is 5.88. The lowest BCUT2D eigenvalue weighted by molar-refractivity contribution is 0.0916. The number of halogens is 4. The minimum absolute atomic E-state index is 0.0686. The summed E-state index contributed by atoms with van der Waals surface area (Å²) < 4.78 is 26.2. The first kappa shape index (κ1) is 14.2. The van der Waals surface area contributed by atoms with Crippen molar-refractivity contribution < 1.29 is 13.6 Å². The van der Waals surface area contributed by atoms with Crippen molar-refractivity contribution in [2.24, 2.45) is 0 Å². The average molecular weight is 282 g/mol. The molecule has 0 saturated carbocycles. The van der Waals surface area contributed by atoms with Crippen molar-refractivity contribution in [1.82, 2.24) is 5.32 Å². The maximum atomic E-state index is 13.3. The Morgan fingerprint density at radius 2 is 1.94 bits per heavy atom. The van der Waals surface area contributed by atoms with Gasteiger partial charge in [-0.3, -0.25) is 4.79 Å². The third-order valence-electron chi connectivity index (χ3n) is 2.18. The monoisotopic (exact) mass is 281 g/mol. The van der Waals surface area contributed by atoms with Crippen LogP contribution in [0.5, 0.6) is 0 Å². The Morgan fingerprint density at radius 1 is 1.35 bits per heavy atom. The number of carbonyl (C=O) groups excluding carboxylic acids is 1. The Bertz CT molecular complexity index is 422. The van der Waals surface area contributed by atoms with Gasteiger partial charge in [-0.05, 0) is 25.1 Å². The zero-order valence-electron chi connectivity index (χ0n) is 9.07. The molecule has 0 bridgehead atoms. The van der Waals surface area contributed by atoms with E-state index in [0.717, 1.165) is 18.2 Å². The van der Waals surface area contributed by atoms with Gasteiger partial charge in [-0.25, -0.2) is 8.78 Å². The van der Waals surface area contributed by atoms with E-state index in [2.05, 4.69) is 5.32 Å². The van der Waals surface area contributed by atoms with E-state index in [1.54, 1.807) is 6.92 Å². The van der Waals surface area contributed by atoms with Crippen molar-refractivity contribution in [2.45, 2.75) is 12.5 Å². The molecule has 0 aromatic heterocycles. The molecule has 0 aliphatic heterocycles. The van der Waals surface area contributed by atoms with E-state index in [9.17, 15) is 13.6 Å². The van der Waals surface area contributed by atoms with Crippen LogP contribution >= 0.6 is 23.2 Å². The van der Waals surface area contributed by atoms with Crippen LogP contribution in [-0.4, -0.2) is 23.2 Å². The van der Waals surface area contributed by atoms with Crippen molar-refractivity contribution >= 4 is 29.1 Å². The van der Waals surface area contributed by atoms with Gasteiger partial charge < -0.3 is 5.32 Å². The van der Waals surface area contributed by atoms with Gasteiger partial charge in [-0.15, -0.1) is 23.2 Å². The first-order valence-electron chi connectivity index (χ1n) is 4.81. The number of carbonyl (C=O) groups is 1. The summed E-state index contributed by atoms with van der Waals surface area (Å²) in [6, 6.07) is 2.66. The standard InChI is InChI=1S/C11H11Cl2F2NO/c1-11(5-12,6-13)16-10(17)8-4-7(14)2-3-9(8)15/h2-4H,5-6H2,1H3,(H,16,17). The molecule has 0 unspecified atom stereocenters. The normalized spacial score (nSPS) is 11.4. The maximum Gasteiger partial charge on any atom is 0.254 e. The van der Waals surface area contributed by atoms with Crippen LogP contribution in [0.25, 0.3) is 0 Å². The summed E-state index contributed by atoms with van der Waals surface area (Å²) in [6.07, 6.45) is 0. The fourth-order valence-electron chi connectivity index (χ4n) is 1.12. The Kier molecular flexibility index (Phi) is 4.71. The molecule has 1 amide bonds. The summed E-state index contributed by atoms with van der Waals surface area (Å²) >= 11 is 11.3. The molecule has 2 nitrogen and oxygen atoms in total. The summed E-state index contributed by atoms with van der Waals surface area (Å²) in [5, 5.41) is 2.47. The second-order valence-electron chi connectivity index (χ2n) is 3.91. The summed E-state index contributed by atoms with van der Waals surface area (Å²) in [7, 11) is 0. The van der Waals surface area contributed by atoms with E-state index in [4.69, 9.17) is 23.2 Å². The van der Waals surface area contributed by atoms with Crippen LogP contribution in [0, 0.1) is 11.6 Å². The van der Waals surface area contributed by atoms with Gasteiger partial charge in [0.15, 0.2) is 0 Å². The molecule has 1 aromatic rings. The SMILES string of the molecule is CC(CCl)(CCl)NC(=O)c1cc(F)ccc1F. The lowest BCUT2D eigenvalue weighted by atomic mass is 10.1. The van der Waals surface area contributed by atoms with Gasteiger partial charge >= 0.3 is 0 Å². The number of benzene rings is 1. The van der Waals surface area contributed by atoms with Gasteiger partial charge in [-0.2, -0.15) is 0 Å². The Balaban J connectivity index is 2.94. The highest BCUT2D eigenvalue weighted by Gasteiger charge is 2.26. The average Bonchev–Trinajstić information content (AvgIpc) is 2.32. The molecule has 1 rings (SSSR count). The van der Waals surface area contributed by atoms with E-state index < -0.39 is 23.1 Å². The van der Waals surface area contributed by atoms with Crippen molar-refractivity contribution in [2.75, 3.05) is 11.8 Å². The molecule has 0 aliphatic rings. The number of amides is 1. The predicted molar refractivity (Wildman–Crippen MR) is 63.7 cm³/mol. The first-order chi connectivity index (χ1) is 7.91. The molecule has 94 valence electrons. The van der Waals surface area contributed by atoms with Crippen molar-refractivity contribution in [3.8, 4) is 0 Å². The van der Waals surface area contributed by atoms with E-state index in [1.807, 2.05) is 0 Å². The molecule has 1 N–H and O–H groups in total. The van der Waals surface area contributed by atoms with Crippen LogP contribution in [0.4, 0.5) is 8.78 Å². The number of rotatable bonds is 4. The zero-order valence-corrected chi connectivity index (χ0v) is 10.6. The molecule has 0 aliphatic carbocycles. The Labute approximate surface area is 108 Å². The quantitative estimate of drug-likeness (QED) is 0.845. The smallest absolute Gasteiger partial charge is 0.254 e. The van der Waals surface area contributed by atoms with Crippen LogP contribution < -0.4 is 5.32 Å². The molecular formula is C11H11Cl2F2NO. The third kappa shape index (κ3) is 3.54. The van der Waals surface area contributed by atoms with Crippen LogP contribution in [0.2, 0.25) is 0 Å². The molecule has 0 saturated heterocycles. The van der Waals surface area contributed by atoms with Crippen LogP contribution in [-0.2, 0) is 0 Å². The van der Waals surface area contributed by atoms with Crippen LogP contribution in [0.15, 0.2) is 18.2 Å². The van der Waals surface area contributed by atoms with E-state index in [0.29, 0.717) is 0 Å². The molecule has 0 spiro atoms. The zero-order chi connectivity index (χ0) is 13.1. The lowest BCUT2D eigenvalue weighted by Crippen LogP contribution is -2.49. The fourth-order valence-corrected chi connectivity index (χ4v) is 1.53. The van der Waals surface area contributed by atoms with Gasteiger partial charge in [0, 0.05) is 11.8 Å². The second kappa shape index (κ2) is 5.65. The minimum Gasteiger partial charge on any atom is -0.344 e. The minimum atomic E-state index is -0.862. The van der Waals surface area contributed by atoms with Gasteiger partial charge in [-0.1, -0.05) is 0 Å². The van der Waals surface area contributed by atoms with Crippen LogP contribution in [0.1, 0.15) is 17.3 Å². The van der Waals surface area contributed by atoms with E-state index in [1.165, 1.54) is 0 Å². The molecule has 0 fully saturated rings. The largest absolute Gasteiger partial charge is 0.344 e. The van der Waals surface area contributed by atoms with Crippen molar-refractivity contribution in [3.63, 3.8) is 0 Å². The van der Waals surface area contributed by atoms with Crippen molar-refractivity contribution in [1.29, 1.82) is 0 Å². The highest BCUT2D eigenvalue weighted by atomic mass is 35.5. The summed E-state index contributed by atoms with van der Waals surface area (Å²) in [5.74, 6) is -2.09. The van der Waals surface area contributed by atoms with Gasteiger partial charge in [0.05, 0.1) is 11.1 Å². The molecular weight excluding hydrogens is 271 g/mol. The molecule has 0 heterocycles. The Hall–Kier alpha value is -0.870. The second-order valence-corrected chi connectivity index (χ2v) is 4.44. The number of nitrogens with one attached hydrogen (secondary N) is 1. The summed E-state index contributed by atoms with van der Waals surface area (Å²) in [6.45, 7) is 1.61. The summed E-state index contributed by atoms with van der Waals surface area (Å²) in [4.78, 5) is 11.7. The molecule has 6 heteroatoms. The van der Waals surface area contributed by atoms with E-state index >= 15 is 0 Å². The highest BCUT2D eigenvalue weighted by Crippen LogP contribution is 2.14. The predicted octanol–water partition coefficient (Wildman–Crippen LogP) is 2.93. The molecule has 1 aromatic carbocycles. The molecule has 17 heavy (non-hydrogen) atoms. The Morgan fingerprint density at radius 3 is 2.47 bits per heavy atom. The fraction of sp³-hybridized carbons (Fsp3) is 0.364. The number of alkyl halides is 2. The van der Waals surface area contributed by atoms with Crippen molar-refractivity contribution in [3.05, 3.63) is 35.4 Å². The van der Waals surface area contributed by atoms with Crippen LogP contribution in [0.3, 0.4) is 0 Å². The van der Waals surface area contributed by atoms with E-state index in [-0.39, 0.29) is 17.3 Å². The van der Waals surface area contributed by atoms with Gasteiger partial charge in [0.25, 0.3) is 5.91 Å². The topological polar surface area (TPSA) is 29.1 Å². The molecule has 0 radical (unpaired) electrons. The number of hydrogen-bond acceptors (Lipinski definition) is 1. The third-order valence-corrected chi connectivity index (χ3v) is 3.36. The summed E-state index contributed by atoms with van der Waals surface area (Å²) in [5.41, 5.74) is -1.23. The lowest BCUT2D eigenvalue weighted by Gasteiger charge is -2.25. The number of hydrogen-bond donors (Lipinski definition) is 1. The maximum absolute atomic E-state index is 13.3. The van der Waals surface area contributed by atoms with Gasteiger partial charge in [0.2, 0.25) is 0 Å². The highest BCUT2D eigenvalue weighted by molar-refractivity contribution is 6.22. The van der Waals surface area contributed by atoms with Gasteiger partial charge in [0.1, 0.15) is 11.6 Å².